The van der Waals surface area contributed by atoms with Gasteiger partial charge in [0.1, 0.15) is 11.5 Å². The number of carbonyl (C=O) groups is 2. The van der Waals surface area contributed by atoms with Gasteiger partial charge in [-0.15, -0.1) is 0 Å². The molecular formula is C20H24N2O3. The molecule has 0 aliphatic rings. The number of ether oxygens (including phenoxy) is 1. The third kappa shape index (κ3) is 6.30. The first-order valence-corrected chi connectivity index (χ1v) is 8.47. The number of amides is 2. The van der Waals surface area contributed by atoms with E-state index in [4.69, 9.17) is 4.74 Å². The van der Waals surface area contributed by atoms with Gasteiger partial charge in [-0.1, -0.05) is 25.1 Å². The van der Waals surface area contributed by atoms with E-state index >= 15 is 0 Å². The molecule has 0 radical (unpaired) electrons. The van der Waals surface area contributed by atoms with Crippen LogP contribution in [0.1, 0.15) is 26.7 Å². The number of anilines is 1. The standard InChI is InChI=1S/C20H24N2O3/c1-3-14-22(16(2)23)15-13-20(24)21-17-9-11-19(12-10-17)25-18-7-5-4-6-8-18/h4-12H,3,13-15H2,1-2H3,(H,21,24). The van der Waals surface area contributed by atoms with E-state index in [1.807, 2.05) is 49.4 Å². The van der Waals surface area contributed by atoms with Crippen LogP contribution in [0.15, 0.2) is 54.6 Å². The van der Waals surface area contributed by atoms with Crippen LogP contribution in [0.5, 0.6) is 11.5 Å². The molecule has 2 rings (SSSR count). The zero-order valence-corrected chi connectivity index (χ0v) is 14.7. The molecule has 0 aromatic heterocycles. The number of hydrogen-bond donors (Lipinski definition) is 1. The van der Waals surface area contributed by atoms with Crippen LogP contribution in [-0.4, -0.2) is 29.8 Å². The van der Waals surface area contributed by atoms with Gasteiger partial charge in [-0.25, -0.2) is 0 Å². The lowest BCUT2D eigenvalue weighted by molar-refractivity contribution is -0.129. The van der Waals surface area contributed by atoms with Crippen molar-refractivity contribution in [3.63, 3.8) is 0 Å². The topological polar surface area (TPSA) is 58.6 Å². The Morgan fingerprint density at radius 2 is 1.60 bits per heavy atom. The van der Waals surface area contributed by atoms with Crippen molar-refractivity contribution >= 4 is 17.5 Å². The minimum absolute atomic E-state index is 0.00272. The van der Waals surface area contributed by atoms with E-state index in [1.54, 1.807) is 17.0 Å². The lowest BCUT2D eigenvalue weighted by atomic mass is 10.2. The van der Waals surface area contributed by atoms with Crippen LogP contribution in [0.4, 0.5) is 5.69 Å². The van der Waals surface area contributed by atoms with Crippen molar-refractivity contribution in [1.82, 2.24) is 4.90 Å². The molecule has 2 amide bonds. The maximum absolute atomic E-state index is 12.0. The summed E-state index contributed by atoms with van der Waals surface area (Å²) in [6, 6.07) is 16.7. The van der Waals surface area contributed by atoms with E-state index in [1.165, 1.54) is 6.92 Å². The third-order valence-electron chi connectivity index (χ3n) is 3.66. The van der Waals surface area contributed by atoms with Gasteiger partial charge in [0.25, 0.3) is 0 Å². The van der Waals surface area contributed by atoms with Gasteiger partial charge >= 0.3 is 0 Å². The zero-order chi connectivity index (χ0) is 18.1. The number of nitrogens with one attached hydrogen (secondary N) is 1. The fourth-order valence-corrected chi connectivity index (χ4v) is 2.39. The molecule has 0 fully saturated rings. The Morgan fingerprint density at radius 1 is 0.960 bits per heavy atom. The van der Waals surface area contributed by atoms with E-state index in [2.05, 4.69) is 5.32 Å². The monoisotopic (exact) mass is 340 g/mol. The molecule has 0 saturated carbocycles. The van der Waals surface area contributed by atoms with Crippen molar-refractivity contribution in [3.05, 3.63) is 54.6 Å². The molecule has 0 heterocycles. The summed E-state index contributed by atoms with van der Waals surface area (Å²) in [5.74, 6) is 1.35. The fourth-order valence-electron chi connectivity index (χ4n) is 2.39. The zero-order valence-electron chi connectivity index (χ0n) is 14.7. The average molecular weight is 340 g/mol. The van der Waals surface area contributed by atoms with Crippen molar-refractivity contribution < 1.29 is 14.3 Å². The van der Waals surface area contributed by atoms with E-state index < -0.39 is 0 Å². The molecular weight excluding hydrogens is 316 g/mol. The van der Waals surface area contributed by atoms with Gasteiger partial charge < -0.3 is 15.0 Å². The van der Waals surface area contributed by atoms with Crippen LogP contribution in [0.3, 0.4) is 0 Å². The second kappa shape index (κ2) is 9.47. The highest BCUT2D eigenvalue weighted by molar-refractivity contribution is 5.91. The molecule has 0 spiro atoms. The van der Waals surface area contributed by atoms with Crippen LogP contribution >= 0.6 is 0 Å². The van der Waals surface area contributed by atoms with Crippen molar-refractivity contribution in [1.29, 1.82) is 0 Å². The number of nitrogens with zero attached hydrogens (tertiary/aromatic N) is 1. The predicted molar refractivity (Wildman–Crippen MR) is 98.7 cm³/mol. The summed E-state index contributed by atoms with van der Waals surface area (Å²) in [6.07, 6.45) is 1.16. The van der Waals surface area contributed by atoms with Gasteiger partial charge in [0.15, 0.2) is 0 Å². The normalized spacial score (nSPS) is 10.2. The average Bonchev–Trinajstić information content (AvgIpc) is 2.61. The fraction of sp³-hybridized carbons (Fsp3) is 0.300. The van der Waals surface area contributed by atoms with Crippen molar-refractivity contribution in [2.45, 2.75) is 26.7 Å². The maximum atomic E-state index is 12.0. The van der Waals surface area contributed by atoms with Gasteiger partial charge in [0, 0.05) is 32.1 Å². The van der Waals surface area contributed by atoms with Crippen LogP contribution in [-0.2, 0) is 9.59 Å². The first-order chi connectivity index (χ1) is 12.1. The molecule has 25 heavy (non-hydrogen) atoms. The Bertz CT molecular complexity index is 684. The van der Waals surface area contributed by atoms with Crippen molar-refractivity contribution in [2.75, 3.05) is 18.4 Å². The number of para-hydroxylation sites is 1. The van der Waals surface area contributed by atoms with Crippen LogP contribution in [0, 0.1) is 0 Å². The molecule has 5 heteroatoms. The highest BCUT2D eigenvalue weighted by atomic mass is 16.5. The van der Waals surface area contributed by atoms with Crippen molar-refractivity contribution in [2.24, 2.45) is 0 Å². The lowest BCUT2D eigenvalue weighted by Gasteiger charge is -2.19. The Kier molecular flexibility index (Phi) is 7.01. The predicted octanol–water partition coefficient (Wildman–Crippen LogP) is 4.07. The van der Waals surface area contributed by atoms with Gasteiger partial charge in [0.2, 0.25) is 11.8 Å². The quantitative estimate of drug-likeness (QED) is 0.788. The lowest BCUT2D eigenvalue weighted by Crippen LogP contribution is -2.32. The van der Waals surface area contributed by atoms with E-state index in [0.717, 1.165) is 12.2 Å². The molecule has 0 atom stereocenters. The SMILES string of the molecule is CCCN(CCC(=O)Nc1ccc(Oc2ccccc2)cc1)C(C)=O. The molecule has 2 aromatic rings. The van der Waals surface area contributed by atoms with Gasteiger partial charge in [0.05, 0.1) is 0 Å². The Balaban J connectivity index is 1.84. The van der Waals surface area contributed by atoms with Crippen LogP contribution < -0.4 is 10.1 Å². The Morgan fingerprint density at radius 3 is 2.20 bits per heavy atom. The molecule has 5 nitrogen and oxygen atoms in total. The Labute approximate surface area is 148 Å². The molecule has 0 aliphatic heterocycles. The summed E-state index contributed by atoms with van der Waals surface area (Å²) in [5.41, 5.74) is 0.704. The van der Waals surface area contributed by atoms with Crippen LogP contribution in [0.25, 0.3) is 0 Å². The Hall–Kier alpha value is -2.82. The van der Waals surface area contributed by atoms with E-state index in [-0.39, 0.29) is 18.2 Å². The second-order valence-corrected chi connectivity index (χ2v) is 5.74. The molecule has 0 aliphatic carbocycles. The summed E-state index contributed by atoms with van der Waals surface area (Å²) >= 11 is 0. The molecule has 0 unspecified atom stereocenters. The summed E-state index contributed by atoms with van der Waals surface area (Å²) in [4.78, 5) is 25.2. The van der Waals surface area contributed by atoms with Crippen molar-refractivity contribution in [3.8, 4) is 11.5 Å². The largest absolute Gasteiger partial charge is 0.457 e. The summed E-state index contributed by atoms with van der Waals surface area (Å²) in [5, 5.41) is 2.84. The van der Waals surface area contributed by atoms with Gasteiger partial charge in [-0.05, 0) is 42.8 Å². The molecule has 2 aromatic carbocycles. The first-order valence-electron chi connectivity index (χ1n) is 8.47. The maximum Gasteiger partial charge on any atom is 0.226 e. The number of carbonyl (C=O) groups excluding carboxylic acids is 2. The van der Waals surface area contributed by atoms with E-state index in [0.29, 0.717) is 24.5 Å². The number of rotatable bonds is 8. The van der Waals surface area contributed by atoms with Gasteiger partial charge in [-0.3, -0.25) is 9.59 Å². The number of benzene rings is 2. The molecule has 1 N–H and O–H groups in total. The number of hydrogen-bond acceptors (Lipinski definition) is 3. The minimum atomic E-state index is -0.112. The summed E-state index contributed by atoms with van der Waals surface area (Å²) < 4.78 is 5.71. The third-order valence-corrected chi connectivity index (χ3v) is 3.66. The molecule has 0 saturated heterocycles. The second-order valence-electron chi connectivity index (χ2n) is 5.74. The smallest absolute Gasteiger partial charge is 0.226 e. The summed E-state index contributed by atoms with van der Waals surface area (Å²) in [6.45, 7) is 4.65. The minimum Gasteiger partial charge on any atom is -0.457 e. The highest BCUT2D eigenvalue weighted by Gasteiger charge is 2.10. The molecule has 0 bridgehead atoms. The van der Waals surface area contributed by atoms with Gasteiger partial charge in [-0.2, -0.15) is 0 Å². The first kappa shape index (κ1) is 18.5. The van der Waals surface area contributed by atoms with Crippen LogP contribution in [0.2, 0.25) is 0 Å². The molecule has 132 valence electrons. The summed E-state index contributed by atoms with van der Waals surface area (Å²) in [7, 11) is 0. The van der Waals surface area contributed by atoms with E-state index in [9.17, 15) is 9.59 Å². The highest BCUT2D eigenvalue weighted by Crippen LogP contribution is 2.22.